The fraction of sp³-hybridized carbons (Fsp3) is 0.222. The minimum Gasteiger partial charge on any atom is -0.364 e. The molecule has 0 spiro atoms. The highest BCUT2D eigenvalue weighted by atomic mass is 19.1. The van der Waals surface area contributed by atoms with Crippen molar-refractivity contribution in [3.63, 3.8) is 0 Å². The number of methoxy groups -OCH3 is 1. The molecule has 0 heterocycles. The van der Waals surface area contributed by atoms with Crippen LogP contribution in [0.25, 0.3) is 0 Å². The van der Waals surface area contributed by atoms with E-state index < -0.39 is 17.3 Å². The Balaban J connectivity index is 3.08. The molecule has 0 aliphatic heterocycles. The van der Waals surface area contributed by atoms with E-state index in [2.05, 4.69) is 4.74 Å². The number of halogens is 2. The van der Waals surface area contributed by atoms with Gasteiger partial charge in [-0.2, -0.15) is 0 Å². The zero-order valence-electron chi connectivity index (χ0n) is 7.54. The molecule has 1 aromatic rings. The third-order valence-corrected chi connectivity index (χ3v) is 1.62. The van der Waals surface area contributed by atoms with E-state index in [9.17, 15) is 13.6 Å². The lowest BCUT2D eigenvalue weighted by Gasteiger charge is -2.17. The first kappa shape index (κ1) is 10.6. The summed E-state index contributed by atoms with van der Waals surface area (Å²) in [5.41, 5.74) is -0.399. The average molecular weight is 201 g/mol. The SMILES string of the molecule is COCN(C=O)c1c(F)cccc1F. The number of ether oxygens (including phenoxy) is 1. The highest BCUT2D eigenvalue weighted by Gasteiger charge is 2.15. The Bertz CT molecular complexity index is 310. The monoisotopic (exact) mass is 201 g/mol. The Morgan fingerprint density at radius 2 is 2.00 bits per heavy atom. The highest BCUT2D eigenvalue weighted by Crippen LogP contribution is 2.21. The van der Waals surface area contributed by atoms with Crippen molar-refractivity contribution in [2.45, 2.75) is 0 Å². The Labute approximate surface area is 79.9 Å². The fourth-order valence-corrected chi connectivity index (χ4v) is 1.05. The maximum atomic E-state index is 13.1. The van der Waals surface area contributed by atoms with Crippen molar-refractivity contribution >= 4 is 12.1 Å². The summed E-state index contributed by atoms with van der Waals surface area (Å²) in [5.74, 6) is -1.59. The van der Waals surface area contributed by atoms with Crippen LogP contribution < -0.4 is 4.90 Å². The fourth-order valence-electron chi connectivity index (χ4n) is 1.05. The molecule has 0 radical (unpaired) electrons. The molecular weight excluding hydrogens is 192 g/mol. The van der Waals surface area contributed by atoms with Crippen LogP contribution in [0.4, 0.5) is 14.5 Å². The van der Waals surface area contributed by atoms with E-state index in [1.54, 1.807) is 0 Å². The highest BCUT2D eigenvalue weighted by molar-refractivity contribution is 5.75. The van der Waals surface area contributed by atoms with E-state index in [0.29, 0.717) is 6.41 Å². The third kappa shape index (κ3) is 2.05. The first-order valence-electron chi connectivity index (χ1n) is 3.85. The van der Waals surface area contributed by atoms with Gasteiger partial charge in [-0.1, -0.05) is 6.07 Å². The number of hydrogen-bond donors (Lipinski definition) is 0. The van der Waals surface area contributed by atoms with Gasteiger partial charge in [-0.3, -0.25) is 9.69 Å². The minimum absolute atomic E-state index is 0.193. The Morgan fingerprint density at radius 3 is 2.43 bits per heavy atom. The number of para-hydroxylation sites is 1. The van der Waals surface area contributed by atoms with E-state index >= 15 is 0 Å². The number of nitrogens with zero attached hydrogens (tertiary/aromatic N) is 1. The van der Waals surface area contributed by atoms with Crippen molar-refractivity contribution in [3.8, 4) is 0 Å². The zero-order chi connectivity index (χ0) is 10.6. The molecule has 0 N–H and O–H groups in total. The number of rotatable bonds is 4. The molecule has 0 saturated heterocycles. The van der Waals surface area contributed by atoms with Crippen LogP contribution in [-0.2, 0) is 9.53 Å². The first-order valence-corrected chi connectivity index (χ1v) is 3.85. The summed E-state index contributed by atoms with van der Waals surface area (Å²) in [6.45, 7) is -0.193. The minimum atomic E-state index is -0.797. The number of carbonyl (C=O) groups is 1. The Morgan fingerprint density at radius 1 is 1.43 bits per heavy atom. The first-order chi connectivity index (χ1) is 6.70. The van der Waals surface area contributed by atoms with E-state index in [-0.39, 0.29) is 6.73 Å². The lowest BCUT2D eigenvalue weighted by molar-refractivity contribution is -0.108. The van der Waals surface area contributed by atoms with Crippen molar-refractivity contribution in [2.75, 3.05) is 18.7 Å². The normalized spacial score (nSPS) is 9.93. The van der Waals surface area contributed by atoms with E-state index in [4.69, 9.17) is 0 Å². The second-order valence-corrected chi connectivity index (χ2v) is 2.56. The van der Waals surface area contributed by atoms with Gasteiger partial charge in [-0.15, -0.1) is 0 Å². The van der Waals surface area contributed by atoms with Gasteiger partial charge in [0.2, 0.25) is 6.41 Å². The zero-order valence-corrected chi connectivity index (χ0v) is 7.54. The van der Waals surface area contributed by atoms with Crippen LogP contribution in [0.15, 0.2) is 18.2 Å². The van der Waals surface area contributed by atoms with Gasteiger partial charge in [-0.05, 0) is 12.1 Å². The standard InChI is InChI=1S/C9H9F2NO2/c1-14-6-12(5-13)9-7(10)3-2-4-8(9)11/h2-5H,6H2,1H3. The molecule has 0 atom stereocenters. The molecular formula is C9H9F2NO2. The van der Waals surface area contributed by atoms with Crippen molar-refractivity contribution in [2.24, 2.45) is 0 Å². The van der Waals surface area contributed by atoms with Crippen LogP contribution in [0, 0.1) is 11.6 Å². The number of carbonyl (C=O) groups excluding carboxylic acids is 1. The summed E-state index contributed by atoms with van der Waals surface area (Å²) in [4.78, 5) is 11.3. The lowest BCUT2D eigenvalue weighted by atomic mass is 10.3. The predicted molar refractivity (Wildman–Crippen MR) is 46.8 cm³/mol. The number of anilines is 1. The van der Waals surface area contributed by atoms with Gasteiger partial charge in [0.1, 0.15) is 24.1 Å². The molecule has 0 aliphatic carbocycles. The van der Waals surface area contributed by atoms with Crippen molar-refractivity contribution in [1.82, 2.24) is 0 Å². The van der Waals surface area contributed by atoms with Crippen LogP contribution >= 0.6 is 0 Å². The molecule has 1 rings (SSSR count). The Hall–Kier alpha value is -1.49. The molecule has 14 heavy (non-hydrogen) atoms. The number of benzene rings is 1. The summed E-state index contributed by atoms with van der Waals surface area (Å²) >= 11 is 0. The van der Waals surface area contributed by atoms with Gasteiger partial charge < -0.3 is 4.74 Å². The van der Waals surface area contributed by atoms with Crippen LogP contribution in [0.3, 0.4) is 0 Å². The lowest BCUT2D eigenvalue weighted by Crippen LogP contribution is -2.25. The van der Waals surface area contributed by atoms with Gasteiger partial charge in [0.25, 0.3) is 0 Å². The second-order valence-electron chi connectivity index (χ2n) is 2.56. The quantitative estimate of drug-likeness (QED) is 0.546. The Kier molecular flexibility index (Phi) is 3.53. The van der Waals surface area contributed by atoms with Gasteiger partial charge in [0.05, 0.1) is 0 Å². The van der Waals surface area contributed by atoms with Gasteiger partial charge in [-0.25, -0.2) is 8.78 Å². The summed E-state index contributed by atoms with van der Waals surface area (Å²) in [5, 5.41) is 0. The topological polar surface area (TPSA) is 29.5 Å². The van der Waals surface area contributed by atoms with Gasteiger partial charge in [0.15, 0.2) is 0 Å². The molecule has 1 aromatic carbocycles. The molecule has 0 aliphatic rings. The maximum Gasteiger partial charge on any atom is 0.216 e. The van der Waals surface area contributed by atoms with Crippen LogP contribution in [0.1, 0.15) is 0 Å². The van der Waals surface area contributed by atoms with Gasteiger partial charge in [0, 0.05) is 7.11 Å². The summed E-state index contributed by atoms with van der Waals surface area (Å²) in [6, 6.07) is 3.37. The summed E-state index contributed by atoms with van der Waals surface area (Å²) in [6.07, 6.45) is 0.311. The third-order valence-electron chi connectivity index (χ3n) is 1.62. The molecule has 0 unspecified atom stereocenters. The van der Waals surface area contributed by atoms with E-state index in [1.807, 2.05) is 0 Å². The maximum absolute atomic E-state index is 13.1. The molecule has 1 amide bonds. The predicted octanol–water partition coefficient (Wildman–Crippen LogP) is 1.53. The van der Waals surface area contributed by atoms with Gasteiger partial charge >= 0.3 is 0 Å². The van der Waals surface area contributed by atoms with Crippen LogP contribution in [-0.4, -0.2) is 20.3 Å². The van der Waals surface area contributed by atoms with Crippen LogP contribution in [0.2, 0.25) is 0 Å². The smallest absolute Gasteiger partial charge is 0.216 e. The number of hydrogen-bond acceptors (Lipinski definition) is 2. The van der Waals surface area contributed by atoms with E-state index in [0.717, 1.165) is 17.0 Å². The molecule has 0 bridgehead atoms. The molecule has 76 valence electrons. The summed E-state index contributed by atoms with van der Waals surface area (Å²) in [7, 11) is 1.33. The average Bonchev–Trinajstić information content (AvgIpc) is 2.16. The number of amides is 1. The molecule has 0 fully saturated rings. The molecule has 0 saturated carbocycles. The molecule has 0 aromatic heterocycles. The largest absolute Gasteiger partial charge is 0.364 e. The molecule has 5 heteroatoms. The van der Waals surface area contributed by atoms with Crippen molar-refractivity contribution in [3.05, 3.63) is 29.8 Å². The second kappa shape index (κ2) is 4.66. The van der Waals surface area contributed by atoms with Crippen molar-refractivity contribution in [1.29, 1.82) is 0 Å². The van der Waals surface area contributed by atoms with Crippen LogP contribution in [0.5, 0.6) is 0 Å². The van der Waals surface area contributed by atoms with E-state index in [1.165, 1.54) is 13.2 Å². The van der Waals surface area contributed by atoms with Crippen molar-refractivity contribution < 1.29 is 18.3 Å². The molecule has 3 nitrogen and oxygen atoms in total. The summed E-state index contributed by atoms with van der Waals surface area (Å²) < 4.78 is 30.9.